The molecule has 1 saturated heterocycles. The minimum atomic E-state index is -0.747. The highest BCUT2D eigenvalue weighted by molar-refractivity contribution is 6.04. The summed E-state index contributed by atoms with van der Waals surface area (Å²) in [7, 11) is 0. The minimum Gasteiger partial charge on any atom is -0.382 e. The summed E-state index contributed by atoms with van der Waals surface area (Å²) in [6.07, 6.45) is 0.972. The van der Waals surface area contributed by atoms with Gasteiger partial charge in [0.25, 0.3) is 5.91 Å². The third-order valence-electron chi connectivity index (χ3n) is 5.35. The molecule has 0 radical (unpaired) electrons. The van der Waals surface area contributed by atoms with Crippen molar-refractivity contribution in [3.8, 4) is 0 Å². The van der Waals surface area contributed by atoms with Gasteiger partial charge in [-0.3, -0.25) is 9.59 Å². The standard InChI is InChI=1S/C22H23FN4O3/c1-14-5-2-9-20(24-14)25-21(28)16-7-4-10-27(13-16)22(29)19-12-18(26-30-19)15-6-3-8-17(23)11-15/h2-3,5-6,8-9,11,16,19H,4,7,10,12-13H2,1H3,(H,24,25,28)/t16-,19+/m1/s1. The van der Waals surface area contributed by atoms with Crippen LogP contribution < -0.4 is 5.32 Å². The number of nitrogens with zero attached hydrogens (tertiary/aromatic N) is 3. The summed E-state index contributed by atoms with van der Waals surface area (Å²) in [4.78, 5) is 36.9. The Kier molecular flexibility index (Phi) is 5.74. The van der Waals surface area contributed by atoms with Crippen molar-refractivity contribution >= 4 is 23.3 Å². The van der Waals surface area contributed by atoms with Crippen LogP contribution in [-0.4, -0.2) is 46.6 Å². The molecule has 0 spiro atoms. The molecule has 0 unspecified atom stereocenters. The zero-order valence-corrected chi connectivity index (χ0v) is 16.7. The van der Waals surface area contributed by atoms with Gasteiger partial charge in [0.1, 0.15) is 11.6 Å². The highest BCUT2D eigenvalue weighted by Crippen LogP contribution is 2.23. The lowest BCUT2D eigenvalue weighted by Gasteiger charge is -2.33. The second-order valence-electron chi connectivity index (χ2n) is 7.62. The van der Waals surface area contributed by atoms with Crippen molar-refractivity contribution in [3.63, 3.8) is 0 Å². The average molecular weight is 410 g/mol. The van der Waals surface area contributed by atoms with Gasteiger partial charge in [0.2, 0.25) is 12.0 Å². The lowest BCUT2D eigenvalue weighted by Crippen LogP contribution is -2.47. The molecule has 2 amide bonds. The number of amides is 2. The van der Waals surface area contributed by atoms with E-state index in [9.17, 15) is 14.0 Å². The molecule has 8 heteroatoms. The summed E-state index contributed by atoms with van der Waals surface area (Å²) < 4.78 is 13.5. The number of piperidine rings is 1. The Morgan fingerprint density at radius 3 is 2.87 bits per heavy atom. The van der Waals surface area contributed by atoms with Gasteiger partial charge in [-0.25, -0.2) is 9.37 Å². The van der Waals surface area contributed by atoms with Crippen molar-refractivity contribution in [1.82, 2.24) is 9.88 Å². The van der Waals surface area contributed by atoms with E-state index in [2.05, 4.69) is 15.5 Å². The summed E-state index contributed by atoms with van der Waals surface area (Å²) in [6, 6.07) is 11.5. The van der Waals surface area contributed by atoms with Gasteiger partial charge in [-0.2, -0.15) is 0 Å². The molecule has 1 aromatic carbocycles. The first-order valence-electron chi connectivity index (χ1n) is 10.0. The zero-order chi connectivity index (χ0) is 21.1. The van der Waals surface area contributed by atoms with Crippen LogP contribution in [0, 0.1) is 18.7 Å². The van der Waals surface area contributed by atoms with Gasteiger partial charge in [-0.15, -0.1) is 0 Å². The largest absolute Gasteiger partial charge is 0.382 e. The lowest BCUT2D eigenvalue weighted by molar-refractivity contribution is -0.144. The number of pyridine rings is 1. The zero-order valence-electron chi connectivity index (χ0n) is 16.7. The Morgan fingerprint density at radius 2 is 2.07 bits per heavy atom. The minimum absolute atomic E-state index is 0.144. The first kappa shape index (κ1) is 20.0. The molecule has 1 N–H and O–H groups in total. The van der Waals surface area contributed by atoms with Crippen LogP contribution in [0.5, 0.6) is 0 Å². The van der Waals surface area contributed by atoms with Crippen LogP contribution in [0.3, 0.4) is 0 Å². The number of hydrogen-bond donors (Lipinski definition) is 1. The molecule has 30 heavy (non-hydrogen) atoms. The second kappa shape index (κ2) is 8.61. The number of carbonyl (C=O) groups is 2. The van der Waals surface area contributed by atoms with Gasteiger partial charge in [0, 0.05) is 30.8 Å². The predicted molar refractivity (Wildman–Crippen MR) is 109 cm³/mol. The van der Waals surface area contributed by atoms with E-state index < -0.39 is 6.10 Å². The molecule has 0 aliphatic carbocycles. The maximum absolute atomic E-state index is 13.5. The first-order valence-corrected chi connectivity index (χ1v) is 10.0. The molecule has 7 nitrogen and oxygen atoms in total. The number of likely N-dealkylation sites (tertiary alicyclic amines) is 1. The molecule has 156 valence electrons. The smallest absolute Gasteiger partial charge is 0.266 e. The van der Waals surface area contributed by atoms with Gasteiger partial charge in [0.15, 0.2) is 0 Å². The third kappa shape index (κ3) is 4.48. The summed E-state index contributed by atoms with van der Waals surface area (Å²) in [5.41, 5.74) is 1.97. The van der Waals surface area contributed by atoms with E-state index in [1.54, 1.807) is 23.1 Å². The summed E-state index contributed by atoms with van der Waals surface area (Å²) in [5, 5.41) is 6.82. The molecule has 2 aliphatic heterocycles. The Bertz CT molecular complexity index is 994. The molecule has 0 saturated carbocycles. The van der Waals surface area contributed by atoms with Crippen molar-refractivity contribution in [2.45, 2.75) is 32.3 Å². The van der Waals surface area contributed by atoms with Crippen molar-refractivity contribution in [3.05, 3.63) is 59.5 Å². The number of halogens is 1. The number of oxime groups is 1. The maximum atomic E-state index is 13.5. The molecule has 2 aliphatic rings. The highest BCUT2D eigenvalue weighted by Gasteiger charge is 2.36. The van der Waals surface area contributed by atoms with Crippen molar-refractivity contribution < 1.29 is 18.8 Å². The van der Waals surface area contributed by atoms with Crippen LogP contribution in [0.15, 0.2) is 47.6 Å². The van der Waals surface area contributed by atoms with E-state index in [4.69, 9.17) is 4.84 Å². The van der Waals surface area contributed by atoms with Crippen molar-refractivity contribution in [2.24, 2.45) is 11.1 Å². The van der Waals surface area contributed by atoms with E-state index in [1.807, 2.05) is 19.1 Å². The monoisotopic (exact) mass is 410 g/mol. The third-order valence-corrected chi connectivity index (χ3v) is 5.35. The molecular formula is C22H23FN4O3. The average Bonchev–Trinajstić information content (AvgIpc) is 3.24. The number of carbonyl (C=O) groups excluding carboxylic acids is 2. The Balaban J connectivity index is 1.35. The number of aromatic nitrogens is 1. The number of anilines is 1. The van der Waals surface area contributed by atoms with Crippen LogP contribution in [0.4, 0.5) is 10.2 Å². The van der Waals surface area contributed by atoms with Crippen LogP contribution >= 0.6 is 0 Å². The Morgan fingerprint density at radius 1 is 1.23 bits per heavy atom. The SMILES string of the molecule is Cc1cccc(NC(=O)[C@@H]2CCCN(C(=O)[C@@H]3CC(c4cccc(F)c4)=NO3)C2)n1. The molecular weight excluding hydrogens is 387 g/mol. The lowest BCUT2D eigenvalue weighted by atomic mass is 9.96. The Labute approximate surface area is 173 Å². The van der Waals surface area contributed by atoms with E-state index in [-0.39, 0.29) is 30.0 Å². The van der Waals surface area contributed by atoms with Gasteiger partial charge in [-0.05, 0) is 44.0 Å². The fourth-order valence-electron chi connectivity index (χ4n) is 3.78. The molecule has 0 bridgehead atoms. The van der Waals surface area contributed by atoms with E-state index in [0.29, 0.717) is 36.6 Å². The van der Waals surface area contributed by atoms with Crippen LogP contribution in [0.25, 0.3) is 0 Å². The predicted octanol–water partition coefficient (Wildman–Crippen LogP) is 2.90. The maximum Gasteiger partial charge on any atom is 0.266 e. The van der Waals surface area contributed by atoms with Crippen molar-refractivity contribution in [1.29, 1.82) is 0 Å². The number of benzene rings is 1. The first-order chi connectivity index (χ1) is 14.5. The van der Waals surface area contributed by atoms with Gasteiger partial charge in [0.05, 0.1) is 11.6 Å². The molecule has 4 rings (SSSR count). The molecule has 3 heterocycles. The van der Waals surface area contributed by atoms with E-state index >= 15 is 0 Å². The van der Waals surface area contributed by atoms with Gasteiger partial charge in [-0.1, -0.05) is 23.4 Å². The highest BCUT2D eigenvalue weighted by atomic mass is 19.1. The molecule has 2 aromatic rings. The fourth-order valence-corrected chi connectivity index (χ4v) is 3.78. The van der Waals surface area contributed by atoms with Crippen LogP contribution in [0.1, 0.15) is 30.5 Å². The second-order valence-corrected chi connectivity index (χ2v) is 7.62. The van der Waals surface area contributed by atoms with Gasteiger partial charge < -0.3 is 15.1 Å². The van der Waals surface area contributed by atoms with Crippen molar-refractivity contribution in [2.75, 3.05) is 18.4 Å². The van der Waals surface area contributed by atoms with Crippen LogP contribution in [-0.2, 0) is 14.4 Å². The summed E-state index contributed by atoms with van der Waals surface area (Å²) in [5.74, 6) is -0.505. The topological polar surface area (TPSA) is 83.9 Å². The molecule has 1 aromatic heterocycles. The number of nitrogens with one attached hydrogen (secondary N) is 1. The summed E-state index contributed by atoms with van der Waals surface area (Å²) >= 11 is 0. The summed E-state index contributed by atoms with van der Waals surface area (Å²) in [6.45, 7) is 2.75. The molecule has 1 fully saturated rings. The molecule has 2 atom stereocenters. The van der Waals surface area contributed by atoms with E-state index in [1.165, 1.54) is 12.1 Å². The Hall–Kier alpha value is -3.29. The normalized spacial score (nSPS) is 21.0. The quantitative estimate of drug-likeness (QED) is 0.840. The van der Waals surface area contributed by atoms with E-state index in [0.717, 1.165) is 12.1 Å². The number of hydrogen-bond acceptors (Lipinski definition) is 5. The van der Waals surface area contributed by atoms with Crippen LogP contribution in [0.2, 0.25) is 0 Å². The number of rotatable bonds is 4. The fraction of sp³-hybridized carbons (Fsp3) is 0.364. The van der Waals surface area contributed by atoms with Gasteiger partial charge >= 0.3 is 0 Å². The number of aryl methyl sites for hydroxylation is 1.